The van der Waals surface area contributed by atoms with E-state index in [4.69, 9.17) is 27.4 Å². The molecule has 3 rings (SSSR count). The van der Waals surface area contributed by atoms with Crippen molar-refractivity contribution < 1.29 is 14.3 Å². The third-order valence-electron chi connectivity index (χ3n) is 3.81. The normalized spacial score (nSPS) is 16.7. The van der Waals surface area contributed by atoms with Crippen LogP contribution in [0.3, 0.4) is 0 Å². The van der Waals surface area contributed by atoms with E-state index in [1.54, 1.807) is 13.3 Å². The van der Waals surface area contributed by atoms with E-state index in [0.717, 1.165) is 17.2 Å². The minimum absolute atomic E-state index is 0.0204. The highest BCUT2D eigenvalue weighted by molar-refractivity contribution is 7.80. The third kappa shape index (κ3) is 3.48. The fraction of sp³-hybridized carbons (Fsp3) is 0.312. The molecule has 1 saturated heterocycles. The molecule has 1 unspecified atom stereocenters. The zero-order valence-corrected chi connectivity index (χ0v) is 14.0. The van der Waals surface area contributed by atoms with E-state index in [1.807, 2.05) is 18.2 Å². The maximum atomic E-state index is 11.3. The van der Waals surface area contributed by atoms with Gasteiger partial charge in [-0.1, -0.05) is 0 Å². The molecule has 8 heteroatoms. The molecule has 0 saturated carbocycles. The molecule has 1 aromatic heterocycles. The van der Waals surface area contributed by atoms with Crippen molar-refractivity contribution in [3.63, 3.8) is 0 Å². The number of nitrogens with zero attached hydrogens (tertiary/aromatic N) is 1. The second kappa shape index (κ2) is 6.88. The van der Waals surface area contributed by atoms with Crippen molar-refractivity contribution in [2.45, 2.75) is 18.9 Å². The number of ether oxygens (including phenoxy) is 2. The fourth-order valence-corrected chi connectivity index (χ4v) is 2.78. The van der Waals surface area contributed by atoms with Crippen LogP contribution in [0.4, 0.5) is 5.69 Å². The molecule has 0 radical (unpaired) electrons. The fourth-order valence-electron chi connectivity index (χ4n) is 2.67. The van der Waals surface area contributed by atoms with Gasteiger partial charge in [0.05, 0.1) is 18.8 Å². The molecule has 2 heterocycles. The van der Waals surface area contributed by atoms with E-state index in [1.165, 1.54) is 0 Å². The average Bonchev–Trinajstić information content (AvgIpc) is 2.97. The first-order valence-electron chi connectivity index (χ1n) is 7.52. The van der Waals surface area contributed by atoms with Crippen molar-refractivity contribution >= 4 is 39.7 Å². The minimum atomic E-state index is 0.0204. The molecular formula is C16H18N4O3S. The third-order valence-corrected chi connectivity index (χ3v) is 3.91. The maximum Gasteiger partial charge on any atom is 0.221 e. The number of amides is 1. The van der Waals surface area contributed by atoms with Crippen molar-refractivity contribution in [2.24, 2.45) is 5.73 Å². The van der Waals surface area contributed by atoms with Crippen LogP contribution in [0.15, 0.2) is 24.4 Å². The number of benzene rings is 1. The summed E-state index contributed by atoms with van der Waals surface area (Å²) in [4.78, 5) is 15.6. The van der Waals surface area contributed by atoms with Gasteiger partial charge in [-0.3, -0.25) is 4.79 Å². The molecule has 1 atom stereocenters. The molecule has 1 aromatic carbocycles. The SMILES string of the molecule is COc1cc2c(OCC3CCC(=O)N3)nccc2cc1NC(N)=S. The number of fused-ring (bicyclic) bond motifs is 1. The second-order valence-corrected chi connectivity index (χ2v) is 5.93. The van der Waals surface area contributed by atoms with Crippen LogP contribution >= 0.6 is 12.2 Å². The Balaban J connectivity index is 1.88. The van der Waals surface area contributed by atoms with Crippen molar-refractivity contribution in [3.05, 3.63) is 24.4 Å². The summed E-state index contributed by atoms with van der Waals surface area (Å²) in [6.45, 7) is 0.382. The Labute approximate surface area is 144 Å². The van der Waals surface area contributed by atoms with Crippen LogP contribution in [0.1, 0.15) is 12.8 Å². The lowest BCUT2D eigenvalue weighted by atomic mass is 10.1. The zero-order chi connectivity index (χ0) is 17.1. The molecule has 7 nitrogen and oxygen atoms in total. The number of thiocarbonyl (C=S) groups is 1. The van der Waals surface area contributed by atoms with Crippen molar-refractivity contribution in [3.8, 4) is 11.6 Å². The predicted octanol–water partition coefficient (Wildman–Crippen LogP) is 1.56. The number of pyridine rings is 1. The molecule has 1 amide bonds. The van der Waals surface area contributed by atoms with Gasteiger partial charge in [0.25, 0.3) is 0 Å². The van der Waals surface area contributed by atoms with Gasteiger partial charge in [0.15, 0.2) is 5.11 Å². The van der Waals surface area contributed by atoms with Crippen LogP contribution in [-0.2, 0) is 4.79 Å². The zero-order valence-electron chi connectivity index (χ0n) is 13.2. The highest BCUT2D eigenvalue weighted by Gasteiger charge is 2.21. The molecule has 1 aliphatic heterocycles. The summed E-state index contributed by atoms with van der Waals surface area (Å²) in [7, 11) is 1.57. The first kappa shape index (κ1) is 16.3. The molecule has 0 aliphatic carbocycles. The number of methoxy groups -OCH3 is 1. The van der Waals surface area contributed by atoms with Gasteiger partial charge in [0, 0.05) is 18.0 Å². The maximum absolute atomic E-state index is 11.3. The summed E-state index contributed by atoms with van der Waals surface area (Å²) in [6, 6.07) is 5.58. The molecule has 126 valence electrons. The Kier molecular flexibility index (Phi) is 4.66. The van der Waals surface area contributed by atoms with Gasteiger partial charge in [0.1, 0.15) is 12.4 Å². The highest BCUT2D eigenvalue weighted by Crippen LogP contribution is 2.34. The molecule has 1 fully saturated rings. The summed E-state index contributed by atoms with van der Waals surface area (Å²) < 4.78 is 11.2. The van der Waals surface area contributed by atoms with Crippen LogP contribution in [0.25, 0.3) is 10.8 Å². The number of rotatable bonds is 5. The number of carbonyl (C=O) groups excluding carboxylic acids is 1. The summed E-state index contributed by atoms with van der Waals surface area (Å²) >= 11 is 4.89. The van der Waals surface area contributed by atoms with Crippen molar-refractivity contribution in [1.29, 1.82) is 0 Å². The largest absolute Gasteiger partial charge is 0.495 e. The minimum Gasteiger partial charge on any atom is -0.495 e. The van der Waals surface area contributed by atoms with E-state index < -0.39 is 0 Å². The quantitative estimate of drug-likeness (QED) is 0.707. The Hall–Kier alpha value is -2.61. The second-order valence-electron chi connectivity index (χ2n) is 5.49. The Morgan fingerprint density at radius 1 is 1.54 bits per heavy atom. The van der Waals surface area contributed by atoms with Gasteiger partial charge in [-0.2, -0.15) is 0 Å². The topological polar surface area (TPSA) is 98.5 Å². The molecule has 1 aliphatic rings. The number of nitrogens with two attached hydrogens (primary N) is 1. The lowest BCUT2D eigenvalue weighted by Gasteiger charge is -2.15. The molecule has 0 spiro atoms. The lowest BCUT2D eigenvalue weighted by Crippen LogP contribution is -2.31. The van der Waals surface area contributed by atoms with Gasteiger partial charge < -0.3 is 25.8 Å². The number of nitrogens with one attached hydrogen (secondary N) is 2. The summed E-state index contributed by atoms with van der Waals surface area (Å²) in [5.41, 5.74) is 6.22. The molecule has 0 bridgehead atoms. The van der Waals surface area contributed by atoms with Gasteiger partial charge in [-0.25, -0.2) is 4.98 Å². The number of hydrogen-bond donors (Lipinski definition) is 3. The number of carbonyl (C=O) groups is 1. The highest BCUT2D eigenvalue weighted by atomic mass is 32.1. The van der Waals surface area contributed by atoms with Crippen LogP contribution in [0.2, 0.25) is 0 Å². The lowest BCUT2D eigenvalue weighted by molar-refractivity contribution is -0.119. The number of hydrogen-bond acceptors (Lipinski definition) is 5. The summed E-state index contributed by atoms with van der Waals surface area (Å²) in [6.07, 6.45) is 2.98. The Bertz CT molecular complexity index is 796. The number of aromatic nitrogens is 1. The van der Waals surface area contributed by atoms with E-state index >= 15 is 0 Å². The average molecular weight is 346 g/mol. The van der Waals surface area contributed by atoms with Crippen molar-refractivity contribution in [2.75, 3.05) is 19.0 Å². The van der Waals surface area contributed by atoms with Gasteiger partial charge in [-0.05, 0) is 42.2 Å². The Morgan fingerprint density at radius 3 is 3.04 bits per heavy atom. The van der Waals surface area contributed by atoms with Crippen molar-refractivity contribution in [1.82, 2.24) is 10.3 Å². The van der Waals surface area contributed by atoms with E-state index in [-0.39, 0.29) is 17.1 Å². The van der Waals surface area contributed by atoms with E-state index in [9.17, 15) is 4.79 Å². The first-order chi connectivity index (χ1) is 11.6. The van der Waals surface area contributed by atoms with E-state index in [2.05, 4.69) is 15.6 Å². The number of anilines is 1. The van der Waals surface area contributed by atoms with Crippen LogP contribution in [-0.4, -0.2) is 35.8 Å². The van der Waals surface area contributed by atoms with E-state index in [0.29, 0.717) is 30.3 Å². The van der Waals surface area contributed by atoms with Gasteiger partial charge >= 0.3 is 0 Å². The predicted molar refractivity (Wildman–Crippen MR) is 95.4 cm³/mol. The summed E-state index contributed by atoms with van der Waals surface area (Å²) in [5, 5.41) is 7.65. The van der Waals surface area contributed by atoms with Crippen LogP contribution in [0, 0.1) is 0 Å². The van der Waals surface area contributed by atoms with Crippen LogP contribution < -0.4 is 25.8 Å². The molecule has 2 aromatic rings. The molecular weight excluding hydrogens is 328 g/mol. The standard InChI is InChI=1S/C16H18N4O3S/c1-22-13-7-11-9(6-12(13)20-16(17)24)4-5-18-15(11)23-8-10-2-3-14(21)19-10/h4-7,10H,2-3,8H2,1H3,(H,19,21)(H3,17,20,24). The first-order valence-corrected chi connectivity index (χ1v) is 7.93. The summed E-state index contributed by atoms with van der Waals surface area (Å²) in [5.74, 6) is 1.14. The van der Waals surface area contributed by atoms with Gasteiger partial charge in [0.2, 0.25) is 11.8 Å². The smallest absolute Gasteiger partial charge is 0.221 e. The molecule has 4 N–H and O–H groups in total. The molecule has 24 heavy (non-hydrogen) atoms. The monoisotopic (exact) mass is 346 g/mol. The van der Waals surface area contributed by atoms with Crippen LogP contribution in [0.5, 0.6) is 11.6 Å². The Morgan fingerprint density at radius 2 is 2.38 bits per heavy atom. The van der Waals surface area contributed by atoms with Gasteiger partial charge in [-0.15, -0.1) is 0 Å².